The molecule has 0 aliphatic heterocycles. The van der Waals surface area contributed by atoms with Gasteiger partial charge in [0.05, 0.1) is 13.2 Å². The van der Waals surface area contributed by atoms with Crippen LogP contribution >= 0.6 is 0 Å². The lowest BCUT2D eigenvalue weighted by Crippen LogP contribution is -2.32. The van der Waals surface area contributed by atoms with Crippen LogP contribution in [-0.4, -0.2) is 62.5 Å². The van der Waals surface area contributed by atoms with Crippen LogP contribution in [0.1, 0.15) is 30.6 Å². The number of ether oxygens (including phenoxy) is 1. The molecule has 0 N–H and O–H groups in total. The van der Waals surface area contributed by atoms with E-state index >= 15 is 0 Å². The third-order valence-electron chi connectivity index (χ3n) is 3.38. The van der Waals surface area contributed by atoms with Crippen molar-refractivity contribution in [1.29, 1.82) is 0 Å². The predicted octanol–water partition coefficient (Wildman–Crippen LogP) is 2.54. The Hall–Kier alpha value is -1.39. The summed E-state index contributed by atoms with van der Waals surface area (Å²) in [5.74, 6) is 0.983. The van der Waals surface area contributed by atoms with E-state index in [1.165, 1.54) is 0 Å². The number of hydrogen-bond acceptors (Lipinski definition) is 4. The molecular weight excluding hydrogens is 264 g/mol. The maximum Gasteiger partial charge on any atom is 0.176 e. The van der Waals surface area contributed by atoms with Crippen LogP contribution in [0.5, 0.6) is 5.75 Å². The second kappa shape index (κ2) is 9.53. The molecule has 0 radical (unpaired) electrons. The average Bonchev–Trinajstić information content (AvgIpc) is 2.46. The van der Waals surface area contributed by atoms with Gasteiger partial charge in [-0.05, 0) is 71.3 Å². The van der Waals surface area contributed by atoms with Gasteiger partial charge in [0.25, 0.3) is 0 Å². The molecule has 4 nitrogen and oxygen atoms in total. The molecule has 0 saturated heterocycles. The summed E-state index contributed by atoms with van der Waals surface area (Å²) < 4.78 is 5.39. The van der Waals surface area contributed by atoms with E-state index in [1.54, 1.807) is 0 Å². The Kier molecular flexibility index (Phi) is 8.01. The van der Waals surface area contributed by atoms with Gasteiger partial charge in [0, 0.05) is 5.56 Å². The summed E-state index contributed by atoms with van der Waals surface area (Å²) in [6, 6.07) is 7.42. The van der Waals surface area contributed by atoms with Crippen molar-refractivity contribution in [1.82, 2.24) is 9.80 Å². The lowest BCUT2D eigenvalue weighted by molar-refractivity contribution is 0.0931. The first kappa shape index (κ1) is 17.7. The van der Waals surface area contributed by atoms with Crippen LogP contribution in [0.4, 0.5) is 0 Å². The molecule has 4 heteroatoms. The van der Waals surface area contributed by atoms with Crippen LogP contribution < -0.4 is 4.74 Å². The van der Waals surface area contributed by atoms with E-state index in [-0.39, 0.29) is 5.78 Å². The number of carbonyl (C=O) groups excluding carboxylic acids is 1. The highest BCUT2D eigenvalue weighted by atomic mass is 16.5. The molecule has 0 aromatic heterocycles. The fourth-order valence-corrected chi connectivity index (χ4v) is 2.16. The zero-order valence-electron chi connectivity index (χ0n) is 13.8. The Labute approximate surface area is 128 Å². The average molecular weight is 292 g/mol. The molecule has 0 bridgehead atoms. The number of rotatable bonds is 10. The number of likely N-dealkylation sites (N-methyl/N-ethyl adjacent to an activating group) is 1. The summed E-state index contributed by atoms with van der Waals surface area (Å²) in [6.07, 6.45) is 1.08. The number of nitrogens with zero attached hydrogens (tertiary/aromatic N) is 2. The van der Waals surface area contributed by atoms with Gasteiger partial charge < -0.3 is 9.64 Å². The number of benzene rings is 1. The molecule has 118 valence electrons. The van der Waals surface area contributed by atoms with E-state index in [0.717, 1.165) is 37.4 Å². The minimum absolute atomic E-state index is 0.171. The predicted molar refractivity (Wildman–Crippen MR) is 87.2 cm³/mol. The Morgan fingerprint density at radius 2 is 1.76 bits per heavy atom. The highest BCUT2D eigenvalue weighted by molar-refractivity contribution is 5.97. The fourth-order valence-electron chi connectivity index (χ4n) is 2.16. The maximum absolute atomic E-state index is 12.3. The van der Waals surface area contributed by atoms with Gasteiger partial charge in [-0.25, -0.2) is 0 Å². The van der Waals surface area contributed by atoms with Crippen molar-refractivity contribution >= 4 is 5.78 Å². The topological polar surface area (TPSA) is 32.8 Å². The van der Waals surface area contributed by atoms with Gasteiger partial charge in [0.15, 0.2) is 5.78 Å². The van der Waals surface area contributed by atoms with Crippen LogP contribution in [0.25, 0.3) is 0 Å². The van der Waals surface area contributed by atoms with E-state index in [0.29, 0.717) is 13.2 Å². The summed E-state index contributed by atoms with van der Waals surface area (Å²) in [5.41, 5.74) is 0.754. The molecular formula is C17H28N2O2. The van der Waals surface area contributed by atoms with E-state index in [4.69, 9.17) is 4.74 Å². The van der Waals surface area contributed by atoms with Gasteiger partial charge in [-0.2, -0.15) is 0 Å². The van der Waals surface area contributed by atoms with E-state index in [1.807, 2.05) is 31.2 Å². The highest BCUT2D eigenvalue weighted by Gasteiger charge is 2.11. The number of carbonyl (C=O) groups is 1. The van der Waals surface area contributed by atoms with Crippen molar-refractivity contribution in [2.75, 3.05) is 46.9 Å². The first-order valence-electron chi connectivity index (χ1n) is 7.70. The van der Waals surface area contributed by atoms with Crippen LogP contribution in [-0.2, 0) is 0 Å². The molecule has 1 rings (SSSR count). The monoisotopic (exact) mass is 292 g/mol. The smallest absolute Gasteiger partial charge is 0.176 e. The minimum atomic E-state index is 0.171. The molecule has 1 aromatic carbocycles. The quantitative estimate of drug-likeness (QED) is 0.620. The number of ketones is 1. The van der Waals surface area contributed by atoms with Crippen molar-refractivity contribution in [3.8, 4) is 5.75 Å². The SMILES string of the molecule is CCOc1ccc(C(=O)CN(CC)CCCN(C)C)cc1. The van der Waals surface area contributed by atoms with E-state index in [2.05, 4.69) is 30.8 Å². The number of hydrogen-bond donors (Lipinski definition) is 0. The summed E-state index contributed by atoms with van der Waals surface area (Å²) in [6.45, 7) is 8.08. The lowest BCUT2D eigenvalue weighted by Gasteiger charge is -2.20. The first-order chi connectivity index (χ1) is 10.1. The lowest BCUT2D eigenvalue weighted by atomic mass is 10.1. The van der Waals surface area contributed by atoms with Gasteiger partial charge in [-0.3, -0.25) is 9.69 Å². The van der Waals surface area contributed by atoms with Crippen LogP contribution in [0.15, 0.2) is 24.3 Å². The van der Waals surface area contributed by atoms with Crippen molar-refractivity contribution in [3.05, 3.63) is 29.8 Å². The van der Waals surface area contributed by atoms with Crippen molar-refractivity contribution in [2.24, 2.45) is 0 Å². The van der Waals surface area contributed by atoms with E-state index in [9.17, 15) is 4.79 Å². The Morgan fingerprint density at radius 1 is 1.10 bits per heavy atom. The van der Waals surface area contributed by atoms with Crippen molar-refractivity contribution in [3.63, 3.8) is 0 Å². The third kappa shape index (κ3) is 6.74. The van der Waals surface area contributed by atoms with Crippen molar-refractivity contribution < 1.29 is 9.53 Å². The molecule has 0 saturated carbocycles. The third-order valence-corrected chi connectivity index (χ3v) is 3.38. The molecule has 0 atom stereocenters. The molecule has 0 aliphatic carbocycles. The van der Waals surface area contributed by atoms with Gasteiger partial charge in [-0.1, -0.05) is 6.92 Å². The summed E-state index contributed by atoms with van der Waals surface area (Å²) in [4.78, 5) is 16.7. The molecule has 0 amide bonds. The molecule has 0 fully saturated rings. The largest absolute Gasteiger partial charge is 0.494 e. The van der Waals surface area contributed by atoms with Crippen LogP contribution in [0.3, 0.4) is 0 Å². The standard InChI is InChI=1S/C17H28N2O2/c1-5-19(13-7-12-18(3)4)14-17(20)15-8-10-16(11-9-15)21-6-2/h8-11H,5-7,12-14H2,1-4H3. The second-order valence-electron chi connectivity index (χ2n) is 5.41. The second-order valence-corrected chi connectivity index (χ2v) is 5.41. The van der Waals surface area contributed by atoms with Gasteiger partial charge in [-0.15, -0.1) is 0 Å². The van der Waals surface area contributed by atoms with Crippen molar-refractivity contribution in [2.45, 2.75) is 20.3 Å². The van der Waals surface area contributed by atoms with Crippen LogP contribution in [0.2, 0.25) is 0 Å². The summed E-state index contributed by atoms with van der Waals surface area (Å²) >= 11 is 0. The molecule has 0 heterocycles. The molecule has 21 heavy (non-hydrogen) atoms. The highest BCUT2D eigenvalue weighted by Crippen LogP contribution is 2.13. The Morgan fingerprint density at radius 3 is 2.29 bits per heavy atom. The van der Waals surface area contributed by atoms with Crippen LogP contribution in [0, 0.1) is 0 Å². The molecule has 0 spiro atoms. The Balaban J connectivity index is 2.49. The Bertz CT molecular complexity index is 415. The zero-order chi connectivity index (χ0) is 15.7. The summed E-state index contributed by atoms with van der Waals surface area (Å²) in [5, 5.41) is 0. The van der Waals surface area contributed by atoms with Gasteiger partial charge in [0.1, 0.15) is 5.75 Å². The minimum Gasteiger partial charge on any atom is -0.494 e. The van der Waals surface area contributed by atoms with Gasteiger partial charge in [0.2, 0.25) is 0 Å². The fraction of sp³-hybridized carbons (Fsp3) is 0.588. The zero-order valence-corrected chi connectivity index (χ0v) is 13.8. The number of Topliss-reactive ketones (excluding diaryl/α,β-unsaturated/α-hetero) is 1. The first-order valence-corrected chi connectivity index (χ1v) is 7.70. The normalized spacial score (nSPS) is 11.1. The molecule has 1 aromatic rings. The summed E-state index contributed by atoms with van der Waals surface area (Å²) in [7, 11) is 4.14. The molecule has 0 unspecified atom stereocenters. The maximum atomic E-state index is 12.3. The van der Waals surface area contributed by atoms with Gasteiger partial charge >= 0.3 is 0 Å². The van der Waals surface area contributed by atoms with E-state index < -0.39 is 0 Å². The molecule has 0 aliphatic rings.